The zero-order valence-electron chi connectivity index (χ0n) is 23.2. The van der Waals surface area contributed by atoms with Gasteiger partial charge in [0.2, 0.25) is 17.7 Å². The molecule has 0 aliphatic rings. The molecule has 0 aromatic heterocycles. The van der Waals surface area contributed by atoms with Crippen LogP contribution in [0.3, 0.4) is 0 Å². The normalized spacial score (nSPS) is 14.4. The fourth-order valence-electron chi connectivity index (χ4n) is 3.70. The molecule has 0 aliphatic carbocycles. The average molecular weight is 580 g/mol. The molecule has 0 bridgehead atoms. The first-order chi connectivity index (χ1) is 19.2. The standard InChI is InChI=1S/C26H41N7O8/c1-3-14(2)21(27)24(39)33-19(13-15-6-8-16(34)9-7-15)23(38)31-17(10-11-20(35)36)22(37)32-18(25(40)41)5-4-12-30-26(28)29/h6-9,14,17-19,21,34H,3-5,10-13,27H2,1-2H3,(H,31,38)(H,32,37)(H,33,39)(H,35,36)(H,40,41)(H4,28,29,30). The van der Waals surface area contributed by atoms with Gasteiger partial charge in [-0.15, -0.1) is 0 Å². The van der Waals surface area contributed by atoms with Crippen LogP contribution in [-0.4, -0.2) is 81.7 Å². The minimum absolute atomic E-state index is 0.00531. The number of carboxylic acid groups (broad SMARTS) is 2. The van der Waals surface area contributed by atoms with E-state index in [2.05, 4.69) is 20.9 Å². The van der Waals surface area contributed by atoms with Gasteiger partial charge >= 0.3 is 11.9 Å². The van der Waals surface area contributed by atoms with Gasteiger partial charge in [-0.1, -0.05) is 32.4 Å². The summed E-state index contributed by atoms with van der Waals surface area (Å²) in [6.45, 7) is 3.76. The molecule has 0 fully saturated rings. The minimum atomic E-state index is -1.43. The first-order valence-corrected chi connectivity index (χ1v) is 13.2. The number of aromatic hydroxyl groups is 1. The van der Waals surface area contributed by atoms with Crippen LogP contribution >= 0.6 is 0 Å². The van der Waals surface area contributed by atoms with Crippen LogP contribution in [0.15, 0.2) is 29.3 Å². The molecule has 1 rings (SSSR count). The highest BCUT2D eigenvalue weighted by Crippen LogP contribution is 2.13. The average Bonchev–Trinajstić information content (AvgIpc) is 2.91. The number of phenolic OH excluding ortho intramolecular Hbond substituents is 1. The lowest BCUT2D eigenvalue weighted by molar-refractivity contribution is -0.143. The number of nitrogens with two attached hydrogens (primary N) is 3. The summed E-state index contributed by atoms with van der Waals surface area (Å²) in [5, 5.41) is 35.6. The van der Waals surface area contributed by atoms with E-state index in [-0.39, 0.29) is 49.9 Å². The number of phenols is 1. The molecular weight excluding hydrogens is 538 g/mol. The lowest BCUT2D eigenvalue weighted by Crippen LogP contribution is -2.58. The number of carbonyl (C=O) groups excluding carboxylic acids is 3. The van der Waals surface area contributed by atoms with Gasteiger partial charge in [-0.05, 0) is 42.9 Å². The number of carboxylic acids is 2. The Morgan fingerprint density at radius 3 is 1.98 bits per heavy atom. The van der Waals surface area contributed by atoms with E-state index in [9.17, 15) is 34.2 Å². The Bertz CT molecular complexity index is 1080. The van der Waals surface area contributed by atoms with E-state index >= 15 is 0 Å². The molecule has 0 aliphatic heterocycles. The molecule has 1 aromatic rings. The molecule has 0 saturated heterocycles. The Hall–Kier alpha value is -4.40. The van der Waals surface area contributed by atoms with Gasteiger partial charge < -0.3 is 48.5 Å². The number of rotatable bonds is 18. The Balaban J connectivity index is 3.15. The lowest BCUT2D eigenvalue weighted by atomic mass is 9.98. The summed E-state index contributed by atoms with van der Waals surface area (Å²) in [5.74, 6) is -5.28. The van der Waals surface area contributed by atoms with E-state index in [4.69, 9.17) is 22.3 Å². The first-order valence-electron chi connectivity index (χ1n) is 13.2. The fourth-order valence-corrected chi connectivity index (χ4v) is 3.70. The van der Waals surface area contributed by atoms with E-state index in [0.717, 1.165) is 0 Å². The van der Waals surface area contributed by atoms with E-state index in [1.165, 1.54) is 12.1 Å². The van der Waals surface area contributed by atoms with Gasteiger partial charge in [0.1, 0.15) is 23.9 Å². The Morgan fingerprint density at radius 1 is 0.878 bits per heavy atom. The Labute approximate surface area is 237 Å². The molecule has 0 saturated carbocycles. The van der Waals surface area contributed by atoms with Gasteiger partial charge in [-0.3, -0.25) is 24.2 Å². The van der Waals surface area contributed by atoms with Gasteiger partial charge in [-0.25, -0.2) is 4.79 Å². The second-order valence-electron chi connectivity index (χ2n) is 9.68. The maximum atomic E-state index is 13.4. The minimum Gasteiger partial charge on any atom is -0.508 e. The number of nitrogens with zero attached hydrogens (tertiary/aromatic N) is 1. The van der Waals surface area contributed by atoms with Crippen molar-refractivity contribution in [3.8, 4) is 5.75 Å². The lowest BCUT2D eigenvalue weighted by Gasteiger charge is -2.26. The molecule has 15 nitrogen and oxygen atoms in total. The molecule has 3 amide bonds. The molecule has 5 atom stereocenters. The summed E-state index contributed by atoms with van der Waals surface area (Å²) in [6.07, 6.45) is -0.102. The molecule has 0 heterocycles. The highest BCUT2D eigenvalue weighted by atomic mass is 16.4. The van der Waals surface area contributed by atoms with Crippen molar-refractivity contribution in [2.24, 2.45) is 28.1 Å². The number of benzene rings is 1. The summed E-state index contributed by atoms with van der Waals surface area (Å²) < 4.78 is 0. The molecular formula is C26H41N7O8. The molecule has 0 spiro atoms. The summed E-state index contributed by atoms with van der Waals surface area (Å²) >= 11 is 0. The zero-order valence-corrected chi connectivity index (χ0v) is 23.2. The molecule has 0 radical (unpaired) electrons. The Morgan fingerprint density at radius 2 is 1.44 bits per heavy atom. The third kappa shape index (κ3) is 13.0. The summed E-state index contributed by atoms with van der Waals surface area (Å²) in [7, 11) is 0. The van der Waals surface area contributed by atoms with Crippen LogP contribution in [0.2, 0.25) is 0 Å². The van der Waals surface area contributed by atoms with Crippen LogP contribution in [0.25, 0.3) is 0 Å². The van der Waals surface area contributed by atoms with Crippen LogP contribution in [0.4, 0.5) is 0 Å². The van der Waals surface area contributed by atoms with E-state index in [0.29, 0.717) is 12.0 Å². The van der Waals surface area contributed by atoms with E-state index < -0.39 is 60.2 Å². The smallest absolute Gasteiger partial charge is 0.326 e. The number of amides is 3. The molecule has 15 heteroatoms. The number of hydrogen-bond acceptors (Lipinski definition) is 8. The van der Waals surface area contributed by atoms with Gasteiger partial charge in [0.15, 0.2) is 5.96 Å². The molecule has 1 aromatic carbocycles. The highest BCUT2D eigenvalue weighted by molar-refractivity contribution is 5.94. The van der Waals surface area contributed by atoms with E-state index in [1.807, 2.05) is 6.92 Å². The number of aliphatic imine (C=N–C) groups is 1. The van der Waals surface area contributed by atoms with Crippen molar-refractivity contribution in [3.63, 3.8) is 0 Å². The molecule has 41 heavy (non-hydrogen) atoms. The number of guanidine groups is 1. The van der Waals surface area contributed by atoms with Crippen LogP contribution in [0.5, 0.6) is 5.75 Å². The molecule has 228 valence electrons. The van der Waals surface area contributed by atoms with Crippen molar-refractivity contribution in [2.75, 3.05) is 6.54 Å². The van der Waals surface area contributed by atoms with Crippen molar-refractivity contribution in [1.82, 2.24) is 16.0 Å². The molecule has 5 unspecified atom stereocenters. The van der Waals surface area contributed by atoms with Crippen molar-refractivity contribution in [2.45, 2.75) is 76.5 Å². The summed E-state index contributed by atoms with van der Waals surface area (Å²) in [6, 6.07) is 0.963. The molecule has 12 N–H and O–H groups in total. The fraction of sp³-hybridized carbons (Fsp3) is 0.538. The number of carbonyl (C=O) groups is 5. The third-order valence-electron chi connectivity index (χ3n) is 6.41. The number of nitrogens with one attached hydrogen (secondary N) is 3. The second-order valence-corrected chi connectivity index (χ2v) is 9.68. The van der Waals surface area contributed by atoms with Crippen LogP contribution < -0.4 is 33.2 Å². The predicted molar refractivity (Wildman–Crippen MR) is 149 cm³/mol. The van der Waals surface area contributed by atoms with Gasteiger partial charge in [0, 0.05) is 19.4 Å². The third-order valence-corrected chi connectivity index (χ3v) is 6.41. The topological polar surface area (TPSA) is 273 Å². The van der Waals surface area contributed by atoms with Crippen LogP contribution in [0.1, 0.15) is 51.5 Å². The van der Waals surface area contributed by atoms with Crippen LogP contribution in [-0.2, 0) is 30.4 Å². The SMILES string of the molecule is CCC(C)C(N)C(=O)NC(Cc1ccc(O)cc1)C(=O)NC(CCC(=O)O)C(=O)NC(CCCN=C(N)N)C(=O)O. The zero-order chi connectivity index (χ0) is 31.1. The van der Waals surface area contributed by atoms with Gasteiger partial charge in [0.25, 0.3) is 0 Å². The first kappa shape index (κ1) is 34.6. The van der Waals surface area contributed by atoms with Crippen molar-refractivity contribution < 1.29 is 39.3 Å². The quantitative estimate of drug-likeness (QED) is 0.0564. The Kier molecular flexibility index (Phi) is 14.6. The number of hydrogen-bond donors (Lipinski definition) is 9. The summed E-state index contributed by atoms with van der Waals surface area (Å²) in [4.78, 5) is 65.9. The van der Waals surface area contributed by atoms with Crippen molar-refractivity contribution in [3.05, 3.63) is 29.8 Å². The maximum Gasteiger partial charge on any atom is 0.326 e. The second kappa shape index (κ2) is 17.3. The van der Waals surface area contributed by atoms with Gasteiger partial charge in [0.05, 0.1) is 6.04 Å². The van der Waals surface area contributed by atoms with Crippen LogP contribution in [0, 0.1) is 5.92 Å². The van der Waals surface area contributed by atoms with Crippen molar-refractivity contribution in [1.29, 1.82) is 0 Å². The largest absolute Gasteiger partial charge is 0.508 e. The van der Waals surface area contributed by atoms with Crippen molar-refractivity contribution >= 4 is 35.6 Å². The van der Waals surface area contributed by atoms with E-state index in [1.54, 1.807) is 19.1 Å². The maximum absolute atomic E-state index is 13.4. The summed E-state index contributed by atoms with van der Waals surface area (Å²) in [5.41, 5.74) is 17.1. The van der Waals surface area contributed by atoms with Gasteiger partial charge in [-0.2, -0.15) is 0 Å². The number of aliphatic carboxylic acids is 2. The highest BCUT2D eigenvalue weighted by Gasteiger charge is 2.31. The monoisotopic (exact) mass is 579 g/mol. The predicted octanol–water partition coefficient (Wildman–Crippen LogP) is -1.23.